The molecular formula is C14H24. The smallest absolute Gasteiger partial charge is 0.0219 e. The Bertz CT molecular complexity index is 239. The van der Waals surface area contributed by atoms with Gasteiger partial charge in [-0.05, 0) is 31.8 Å². The Kier molecular flexibility index (Phi) is 6.27. The molecule has 0 spiro atoms. The summed E-state index contributed by atoms with van der Waals surface area (Å²) in [6.45, 7) is 14.8. The van der Waals surface area contributed by atoms with Crippen LogP contribution in [0.25, 0.3) is 0 Å². The van der Waals surface area contributed by atoms with Crippen LogP contribution in [0.1, 0.15) is 47.5 Å². The Morgan fingerprint density at radius 1 is 1.21 bits per heavy atom. The highest BCUT2D eigenvalue weighted by Gasteiger charge is 2.00. The van der Waals surface area contributed by atoms with Crippen LogP contribution in [0.4, 0.5) is 0 Å². The number of allylic oxidation sites excluding steroid dienone is 5. The van der Waals surface area contributed by atoms with Gasteiger partial charge in [0, 0.05) is 0 Å². The first-order valence-electron chi connectivity index (χ1n) is 5.51. The summed E-state index contributed by atoms with van der Waals surface area (Å²) < 4.78 is 0. The van der Waals surface area contributed by atoms with Crippen molar-refractivity contribution >= 4 is 0 Å². The second kappa shape index (κ2) is 6.64. The van der Waals surface area contributed by atoms with Crippen LogP contribution in [0, 0.1) is 5.92 Å². The third-order valence-corrected chi connectivity index (χ3v) is 2.14. The first-order chi connectivity index (χ1) is 6.47. The molecule has 0 rings (SSSR count). The summed E-state index contributed by atoms with van der Waals surface area (Å²) in [5, 5.41) is 0. The predicted octanol–water partition coefficient (Wildman–Crippen LogP) is 4.89. The third kappa shape index (κ3) is 5.80. The second-order valence-corrected chi connectivity index (χ2v) is 4.39. The van der Waals surface area contributed by atoms with Gasteiger partial charge in [-0.1, -0.05) is 57.1 Å². The van der Waals surface area contributed by atoms with Crippen LogP contribution in [-0.2, 0) is 0 Å². The molecule has 0 aromatic heterocycles. The molecule has 0 aliphatic carbocycles. The van der Waals surface area contributed by atoms with Gasteiger partial charge >= 0.3 is 0 Å². The van der Waals surface area contributed by atoms with Crippen LogP contribution in [0.2, 0.25) is 0 Å². The lowest BCUT2D eigenvalue weighted by Crippen LogP contribution is -1.92. The van der Waals surface area contributed by atoms with E-state index in [1.54, 1.807) is 0 Å². The summed E-state index contributed by atoms with van der Waals surface area (Å²) in [6.07, 6.45) is 6.91. The minimum absolute atomic E-state index is 0.582. The largest absolute Gasteiger partial charge is 0.0961 e. The first-order valence-corrected chi connectivity index (χ1v) is 5.51. The lowest BCUT2D eigenvalue weighted by molar-refractivity contribution is 0.784. The lowest BCUT2D eigenvalue weighted by Gasteiger charge is -2.08. The van der Waals surface area contributed by atoms with Gasteiger partial charge in [-0.3, -0.25) is 0 Å². The average molecular weight is 192 g/mol. The zero-order valence-corrected chi connectivity index (χ0v) is 10.4. The molecule has 14 heavy (non-hydrogen) atoms. The Morgan fingerprint density at radius 2 is 1.79 bits per heavy atom. The molecule has 0 aliphatic rings. The van der Waals surface area contributed by atoms with Gasteiger partial charge in [0.25, 0.3) is 0 Å². The van der Waals surface area contributed by atoms with E-state index >= 15 is 0 Å². The van der Waals surface area contributed by atoms with Gasteiger partial charge in [0.1, 0.15) is 0 Å². The van der Waals surface area contributed by atoms with Crippen LogP contribution in [0.15, 0.2) is 35.5 Å². The molecule has 0 atom stereocenters. The molecule has 0 saturated carbocycles. The normalized spacial score (nSPS) is 13.6. The third-order valence-electron chi connectivity index (χ3n) is 2.14. The number of rotatable bonds is 5. The van der Waals surface area contributed by atoms with Crippen molar-refractivity contribution in [2.24, 2.45) is 5.92 Å². The summed E-state index contributed by atoms with van der Waals surface area (Å²) in [5.74, 6) is 0.582. The van der Waals surface area contributed by atoms with Gasteiger partial charge in [-0.25, -0.2) is 0 Å². The van der Waals surface area contributed by atoms with Crippen molar-refractivity contribution in [1.29, 1.82) is 0 Å². The molecular weight excluding hydrogens is 168 g/mol. The highest BCUT2D eigenvalue weighted by atomic mass is 14.1. The molecule has 0 unspecified atom stereocenters. The fourth-order valence-corrected chi connectivity index (χ4v) is 1.41. The van der Waals surface area contributed by atoms with E-state index in [9.17, 15) is 0 Å². The van der Waals surface area contributed by atoms with Gasteiger partial charge in [0.15, 0.2) is 0 Å². The van der Waals surface area contributed by atoms with Crippen LogP contribution in [-0.4, -0.2) is 0 Å². The van der Waals surface area contributed by atoms with Crippen LogP contribution >= 0.6 is 0 Å². The molecule has 0 heterocycles. The van der Waals surface area contributed by atoms with Crippen LogP contribution in [0.3, 0.4) is 0 Å². The van der Waals surface area contributed by atoms with Crippen molar-refractivity contribution in [3.63, 3.8) is 0 Å². The molecule has 0 amide bonds. The summed E-state index contributed by atoms with van der Waals surface area (Å²) in [6, 6.07) is 0. The molecule has 0 N–H and O–H groups in total. The molecule has 0 nitrogen and oxygen atoms in total. The highest BCUT2D eigenvalue weighted by Crippen LogP contribution is 2.17. The molecule has 80 valence electrons. The van der Waals surface area contributed by atoms with Gasteiger partial charge in [0.2, 0.25) is 0 Å². The minimum atomic E-state index is 0.582. The zero-order chi connectivity index (χ0) is 11.1. The van der Waals surface area contributed by atoms with Crippen molar-refractivity contribution < 1.29 is 0 Å². The van der Waals surface area contributed by atoms with Gasteiger partial charge in [-0.2, -0.15) is 0 Å². The summed E-state index contributed by atoms with van der Waals surface area (Å²) in [5.41, 5.74) is 3.99. The maximum absolute atomic E-state index is 3.92. The van der Waals surface area contributed by atoms with Gasteiger partial charge < -0.3 is 0 Å². The van der Waals surface area contributed by atoms with Crippen molar-refractivity contribution in [2.75, 3.05) is 0 Å². The molecule has 0 aromatic rings. The molecule has 0 aromatic carbocycles. The van der Waals surface area contributed by atoms with Crippen molar-refractivity contribution in [3.8, 4) is 0 Å². The van der Waals surface area contributed by atoms with E-state index in [-0.39, 0.29) is 0 Å². The van der Waals surface area contributed by atoms with E-state index < -0.39 is 0 Å². The SMILES string of the molecule is C=C(C)/C=C(\C=C(\C)CCC)C(C)C. The van der Waals surface area contributed by atoms with E-state index in [2.05, 4.69) is 46.4 Å². The Hall–Kier alpha value is -0.780. The van der Waals surface area contributed by atoms with E-state index in [4.69, 9.17) is 0 Å². The Morgan fingerprint density at radius 3 is 2.14 bits per heavy atom. The fraction of sp³-hybridized carbons (Fsp3) is 0.571. The zero-order valence-electron chi connectivity index (χ0n) is 10.4. The Labute approximate surface area is 89.4 Å². The summed E-state index contributed by atoms with van der Waals surface area (Å²) in [4.78, 5) is 0. The average Bonchev–Trinajstić information content (AvgIpc) is 2.02. The van der Waals surface area contributed by atoms with Crippen LogP contribution < -0.4 is 0 Å². The molecule has 0 bridgehead atoms. The first kappa shape index (κ1) is 13.2. The molecule has 0 saturated heterocycles. The lowest BCUT2D eigenvalue weighted by atomic mass is 9.97. The summed E-state index contributed by atoms with van der Waals surface area (Å²) in [7, 11) is 0. The highest BCUT2D eigenvalue weighted by molar-refractivity contribution is 5.31. The number of hydrogen-bond donors (Lipinski definition) is 0. The van der Waals surface area contributed by atoms with E-state index in [1.807, 2.05) is 6.92 Å². The van der Waals surface area contributed by atoms with E-state index in [0.29, 0.717) is 5.92 Å². The van der Waals surface area contributed by atoms with Crippen molar-refractivity contribution in [2.45, 2.75) is 47.5 Å². The van der Waals surface area contributed by atoms with E-state index in [1.165, 1.54) is 24.0 Å². The molecule has 0 fully saturated rings. The van der Waals surface area contributed by atoms with Gasteiger partial charge in [0.05, 0.1) is 0 Å². The maximum Gasteiger partial charge on any atom is -0.0219 e. The number of hydrogen-bond acceptors (Lipinski definition) is 0. The summed E-state index contributed by atoms with van der Waals surface area (Å²) >= 11 is 0. The fourth-order valence-electron chi connectivity index (χ4n) is 1.41. The van der Waals surface area contributed by atoms with Crippen molar-refractivity contribution in [1.82, 2.24) is 0 Å². The quantitative estimate of drug-likeness (QED) is 0.544. The maximum atomic E-state index is 3.92. The second-order valence-electron chi connectivity index (χ2n) is 4.39. The van der Waals surface area contributed by atoms with Crippen LogP contribution in [0.5, 0.6) is 0 Å². The standard InChI is InChI=1S/C14H24/c1-7-8-13(6)10-14(12(4)5)9-11(2)3/h9-10,12H,2,7-8H2,1,3-6H3/b13-10-,14-9+. The monoisotopic (exact) mass is 192 g/mol. The molecule has 0 aliphatic heterocycles. The van der Waals surface area contributed by atoms with Gasteiger partial charge in [-0.15, -0.1) is 0 Å². The predicted molar refractivity (Wildman–Crippen MR) is 66.4 cm³/mol. The molecule has 0 radical (unpaired) electrons. The van der Waals surface area contributed by atoms with E-state index in [0.717, 1.165) is 5.57 Å². The topological polar surface area (TPSA) is 0 Å². The minimum Gasteiger partial charge on any atom is -0.0961 e. The molecule has 0 heteroatoms. The van der Waals surface area contributed by atoms with Crippen molar-refractivity contribution in [3.05, 3.63) is 35.5 Å². The Balaban J connectivity index is 4.69.